The van der Waals surface area contributed by atoms with Crippen molar-refractivity contribution in [2.24, 2.45) is 5.10 Å². The van der Waals surface area contributed by atoms with Crippen molar-refractivity contribution >= 4 is 29.6 Å². The molecule has 0 radical (unpaired) electrons. The van der Waals surface area contributed by atoms with E-state index in [1.165, 1.54) is 24.0 Å². The van der Waals surface area contributed by atoms with Crippen molar-refractivity contribution in [3.63, 3.8) is 0 Å². The molecular weight excluding hydrogens is 464 g/mol. The number of benzene rings is 3. The fourth-order valence-corrected chi connectivity index (χ4v) is 4.02. The smallest absolute Gasteiger partial charge is 0.272 e. The molecule has 0 saturated heterocycles. The fourth-order valence-electron chi connectivity index (χ4n) is 3.28. The summed E-state index contributed by atoms with van der Waals surface area (Å²) in [6.07, 6.45) is 1.25. The highest BCUT2D eigenvalue weighted by molar-refractivity contribution is 7.99. The number of amides is 1. The van der Waals surface area contributed by atoms with Gasteiger partial charge in [-0.25, -0.2) is 5.43 Å². The molecule has 176 valence electrons. The van der Waals surface area contributed by atoms with E-state index in [0.29, 0.717) is 16.5 Å². The second-order valence-electron chi connectivity index (χ2n) is 7.74. The number of hydrazone groups is 1. The molecule has 0 fully saturated rings. The lowest BCUT2D eigenvalue weighted by Crippen LogP contribution is -2.20. The predicted molar refractivity (Wildman–Crippen MR) is 136 cm³/mol. The number of carbonyl (C=O) groups is 1. The maximum absolute atomic E-state index is 12.4. The van der Waals surface area contributed by atoms with Gasteiger partial charge >= 0.3 is 0 Å². The standard InChI is InChI=1S/C25H22N6O3S/c1-17-7-11-19(12-8-17)24-28-29-25(30(24)21-13-9-18(2)10-14-21)35-16-23(32)27-26-15-20-5-3-4-6-22(20)31(33)34/h3-15H,16H2,1-2H3,(H,27,32). The minimum Gasteiger partial charge on any atom is -0.272 e. The lowest BCUT2D eigenvalue weighted by Gasteiger charge is -2.11. The minimum atomic E-state index is -0.497. The van der Waals surface area contributed by atoms with Crippen molar-refractivity contribution in [2.45, 2.75) is 19.0 Å². The van der Waals surface area contributed by atoms with Gasteiger partial charge in [0.1, 0.15) is 0 Å². The van der Waals surface area contributed by atoms with Crippen LogP contribution in [0.25, 0.3) is 17.1 Å². The number of nitro groups is 1. The molecule has 1 amide bonds. The van der Waals surface area contributed by atoms with Gasteiger partial charge in [0.05, 0.1) is 22.5 Å². The number of nitrogens with one attached hydrogen (secondary N) is 1. The summed E-state index contributed by atoms with van der Waals surface area (Å²) < 4.78 is 1.92. The number of nitro benzene ring substituents is 1. The molecule has 0 saturated carbocycles. The predicted octanol–water partition coefficient (Wildman–Crippen LogP) is 4.70. The zero-order valence-electron chi connectivity index (χ0n) is 19.1. The fraction of sp³-hybridized carbons (Fsp3) is 0.120. The number of thioether (sulfide) groups is 1. The molecule has 35 heavy (non-hydrogen) atoms. The van der Waals surface area contributed by atoms with Gasteiger partial charge < -0.3 is 0 Å². The van der Waals surface area contributed by atoms with Crippen molar-refractivity contribution in [3.8, 4) is 17.1 Å². The highest BCUT2D eigenvalue weighted by Gasteiger charge is 2.17. The normalized spacial score (nSPS) is 11.0. The van der Waals surface area contributed by atoms with Gasteiger partial charge in [-0.2, -0.15) is 5.10 Å². The molecule has 1 heterocycles. The third kappa shape index (κ3) is 5.79. The summed E-state index contributed by atoms with van der Waals surface area (Å²) in [5.74, 6) is 0.331. The Morgan fingerprint density at radius 3 is 2.37 bits per heavy atom. The molecule has 1 aromatic heterocycles. The number of para-hydroxylation sites is 1. The first-order chi connectivity index (χ1) is 16.9. The number of aryl methyl sites for hydroxylation is 2. The molecule has 0 atom stereocenters. The Hall–Kier alpha value is -4.31. The molecule has 0 aliphatic rings. The van der Waals surface area contributed by atoms with Crippen LogP contribution in [0, 0.1) is 24.0 Å². The van der Waals surface area contributed by atoms with Crippen LogP contribution in [0.15, 0.2) is 83.1 Å². The summed E-state index contributed by atoms with van der Waals surface area (Å²) in [7, 11) is 0. The first-order valence-corrected chi connectivity index (χ1v) is 11.7. The van der Waals surface area contributed by atoms with Crippen LogP contribution in [0.1, 0.15) is 16.7 Å². The Labute approximate surface area is 206 Å². The Bertz CT molecular complexity index is 1380. The van der Waals surface area contributed by atoms with Crippen molar-refractivity contribution in [2.75, 3.05) is 5.75 Å². The van der Waals surface area contributed by atoms with E-state index >= 15 is 0 Å². The highest BCUT2D eigenvalue weighted by Crippen LogP contribution is 2.28. The Kier molecular flexibility index (Phi) is 7.32. The number of hydrogen-bond acceptors (Lipinski definition) is 7. The molecule has 1 N–H and O–H groups in total. The summed E-state index contributed by atoms with van der Waals surface area (Å²) in [6, 6.07) is 22.1. The number of aromatic nitrogens is 3. The number of carbonyl (C=O) groups excluding carboxylic acids is 1. The second kappa shape index (κ2) is 10.7. The molecule has 10 heteroatoms. The average molecular weight is 487 g/mol. The monoisotopic (exact) mass is 486 g/mol. The van der Waals surface area contributed by atoms with E-state index in [9.17, 15) is 14.9 Å². The van der Waals surface area contributed by atoms with E-state index in [1.54, 1.807) is 18.2 Å². The van der Waals surface area contributed by atoms with Gasteiger partial charge in [0, 0.05) is 17.3 Å². The van der Waals surface area contributed by atoms with E-state index in [0.717, 1.165) is 22.4 Å². The first-order valence-electron chi connectivity index (χ1n) is 10.7. The molecule has 3 aromatic carbocycles. The SMILES string of the molecule is Cc1ccc(-c2nnc(SCC(=O)NN=Cc3ccccc3[N+](=O)[O-])n2-c2ccc(C)cc2)cc1. The van der Waals surface area contributed by atoms with Gasteiger partial charge in [-0.15, -0.1) is 10.2 Å². The number of nitrogens with zero attached hydrogens (tertiary/aromatic N) is 5. The van der Waals surface area contributed by atoms with Crippen LogP contribution in [-0.2, 0) is 4.79 Å². The summed E-state index contributed by atoms with van der Waals surface area (Å²) in [4.78, 5) is 23.0. The quantitative estimate of drug-likeness (QED) is 0.167. The van der Waals surface area contributed by atoms with Crippen LogP contribution in [0.2, 0.25) is 0 Å². The molecule has 0 bridgehead atoms. The van der Waals surface area contributed by atoms with Crippen molar-refractivity contribution in [3.05, 3.63) is 99.6 Å². The van der Waals surface area contributed by atoms with Gasteiger partial charge in [0.25, 0.3) is 11.6 Å². The Morgan fingerprint density at radius 1 is 1.03 bits per heavy atom. The molecular formula is C25H22N6O3S. The van der Waals surface area contributed by atoms with Crippen LogP contribution in [0.3, 0.4) is 0 Å². The first kappa shape index (κ1) is 23.8. The highest BCUT2D eigenvalue weighted by atomic mass is 32.2. The maximum Gasteiger partial charge on any atom is 0.278 e. The zero-order valence-corrected chi connectivity index (χ0v) is 19.9. The van der Waals surface area contributed by atoms with Crippen LogP contribution < -0.4 is 5.43 Å². The van der Waals surface area contributed by atoms with Crippen molar-refractivity contribution < 1.29 is 9.72 Å². The minimum absolute atomic E-state index is 0.0338. The second-order valence-corrected chi connectivity index (χ2v) is 8.68. The largest absolute Gasteiger partial charge is 0.278 e. The van der Waals surface area contributed by atoms with Crippen LogP contribution in [-0.4, -0.2) is 37.6 Å². The summed E-state index contributed by atoms with van der Waals surface area (Å²) >= 11 is 1.22. The summed E-state index contributed by atoms with van der Waals surface area (Å²) in [5, 5.41) is 24.2. The van der Waals surface area contributed by atoms with Gasteiger partial charge in [0.2, 0.25) is 0 Å². The van der Waals surface area contributed by atoms with Gasteiger partial charge in [-0.3, -0.25) is 19.5 Å². The van der Waals surface area contributed by atoms with E-state index in [-0.39, 0.29) is 17.3 Å². The third-order valence-corrected chi connectivity index (χ3v) is 6.02. The van der Waals surface area contributed by atoms with Crippen molar-refractivity contribution in [1.29, 1.82) is 0 Å². The summed E-state index contributed by atoms with van der Waals surface area (Å²) in [6.45, 7) is 4.04. The summed E-state index contributed by atoms with van der Waals surface area (Å²) in [5.41, 5.74) is 6.68. The Balaban J connectivity index is 1.51. The molecule has 0 aliphatic carbocycles. The van der Waals surface area contributed by atoms with Crippen LogP contribution in [0.5, 0.6) is 0 Å². The van der Waals surface area contributed by atoms with Crippen LogP contribution >= 0.6 is 11.8 Å². The van der Waals surface area contributed by atoms with Gasteiger partial charge in [-0.05, 0) is 32.0 Å². The van der Waals surface area contributed by atoms with Gasteiger partial charge in [-0.1, -0.05) is 71.4 Å². The van der Waals surface area contributed by atoms with Crippen molar-refractivity contribution in [1.82, 2.24) is 20.2 Å². The molecule has 9 nitrogen and oxygen atoms in total. The molecule has 0 unspecified atom stereocenters. The lowest BCUT2D eigenvalue weighted by atomic mass is 10.1. The van der Waals surface area contributed by atoms with Gasteiger partial charge in [0.15, 0.2) is 11.0 Å². The van der Waals surface area contributed by atoms with E-state index in [2.05, 4.69) is 20.7 Å². The number of hydrogen-bond donors (Lipinski definition) is 1. The third-order valence-electron chi connectivity index (χ3n) is 5.09. The van der Waals surface area contributed by atoms with E-state index in [4.69, 9.17) is 0 Å². The molecule has 4 aromatic rings. The van der Waals surface area contributed by atoms with E-state index in [1.807, 2.05) is 66.9 Å². The molecule has 4 rings (SSSR count). The Morgan fingerprint density at radius 2 is 1.69 bits per heavy atom. The molecule has 0 spiro atoms. The van der Waals surface area contributed by atoms with Crippen LogP contribution in [0.4, 0.5) is 5.69 Å². The maximum atomic E-state index is 12.4. The number of rotatable bonds is 8. The zero-order chi connectivity index (χ0) is 24.8. The lowest BCUT2D eigenvalue weighted by molar-refractivity contribution is -0.385. The average Bonchev–Trinajstić information content (AvgIpc) is 3.28. The topological polar surface area (TPSA) is 115 Å². The van der Waals surface area contributed by atoms with E-state index < -0.39 is 4.92 Å². The molecule has 0 aliphatic heterocycles.